The number of fused-ring (bicyclic) bond motifs is 10. The molecule has 0 aliphatic rings. The number of rotatable bonds is 11. The minimum atomic E-state index is -2.93. The molecular weight excluding hydrogens is 1030 g/mol. The first-order valence-electron chi connectivity index (χ1n) is 27.8. The zero-order valence-electron chi connectivity index (χ0n) is 44.4. The van der Waals surface area contributed by atoms with Crippen LogP contribution in [0.4, 0.5) is 0 Å². The first kappa shape index (κ1) is 47.5. The van der Waals surface area contributed by atoms with E-state index in [1.807, 2.05) is 18.2 Å². The van der Waals surface area contributed by atoms with Crippen LogP contribution in [0.3, 0.4) is 0 Å². The van der Waals surface area contributed by atoms with Crippen molar-refractivity contribution in [2.75, 3.05) is 0 Å². The molecular formula is C72H50N8Si2. The highest BCUT2D eigenvalue weighted by atomic mass is 28.3. The smallest absolute Gasteiger partial charge is 0.221 e. The summed E-state index contributed by atoms with van der Waals surface area (Å²) in [5.74, 6) is 3.47. The Labute approximate surface area is 474 Å². The van der Waals surface area contributed by atoms with Crippen molar-refractivity contribution in [3.63, 3.8) is 0 Å². The van der Waals surface area contributed by atoms with E-state index in [0.29, 0.717) is 17.5 Å². The highest BCUT2D eigenvalue weighted by molar-refractivity contribution is 7.20. The van der Waals surface area contributed by atoms with Gasteiger partial charge in [-0.2, -0.15) is 0 Å². The van der Waals surface area contributed by atoms with Gasteiger partial charge in [0.2, 0.25) is 11.6 Å². The monoisotopic (exact) mass is 1080 g/mol. The van der Waals surface area contributed by atoms with E-state index >= 15 is 0 Å². The summed E-state index contributed by atoms with van der Waals surface area (Å²) in [5.41, 5.74) is 8.74. The van der Waals surface area contributed by atoms with Gasteiger partial charge in [0.05, 0.1) is 44.1 Å². The fraction of sp³-hybridized carbons (Fsp3) is 0. The molecule has 0 spiro atoms. The molecule has 82 heavy (non-hydrogen) atoms. The summed E-state index contributed by atoms with van der Waals surface area (Å²) in [6.45, 7) is 0. The molecule has 0 aliphatic carbocycles. The van der Waals surface area contributed by atoms with Crippen LogP contribution in [0.25, 0.3) is 78.7 Å². The third-order valence-electron chi connectivity index (χ3n) is 16.7. The molecule has 0 amide bonds. The quantitative estimate of drug-likeness (QED) is 0.0956. The normalized spacial score (nSPS) is 12.1. The van der Waals surface area contributed by atoms with Crippen LogP contribution in [0, 0.1) is 0 Å². The van der Waals surface area contributed by atoms with Gasteiger partial charge < -0.3 is 0 Å². The maximum absolute atomic E-state index is 5.56. The highest BCUT2D eigenvalue weighted by Crippen LogP contribution is 2.34. The average Bonchev–Trinajstić information content (AvgIpc) is 3.72. The van der Waals surface area contributed by atoms with E-state index in [1.165, 1.54) is 41.5 Å². The lowest BCUT2D eigenvalue weighted by atomic mass is 10.2. The standard InChI is InChI=1S/C72H50N8Si2/c1-8-26-51(27-9-1)70-75-68(79-64-43-25-24-42-63(64)78-66-48-58(44-46-61(66)74-72(78)79)81(52-28-10-2-11-29-52,53-30-12-3-13-31-53)54-32-14-4-15-33-54)50-69(76-70)80-65-47-45-59(49-67(65)77-62-41-23-22-40-60(62)73-71(77)80)82(55-34-16-5-17-35-55,56-36-18-6-19-37-56)57-38-20-7-21-39-57/h1-50H. The second-order valence-corrected chi connectivity index (χ2v) is 28.6. The first-order valence-corrected chi connectivity index (χ1v) is 31.8. The Morgan fingerprint density at radius 1 is 0.232 bits per heavy atom. The van der Waals surface area contributed by atoms with Crippen LogP contribution in [0.2, 0.25) is 0 Å². The topological polar surface area (TPSA) is 70.2 Å². The Morgan fingerprint density at radius 2 is 0.573 bits per heavy atom. The largest absolute Gasteiger partial charge is 0.276 e. The molecule has 0 unspecified atom stereocenters. The van der Waals surface area contributed by atoms with E-state index < -0.39 is 16.1 Å². The maximum atomic E-state index is 5.56. The summed E-state index contributed by atoms with van der Waals surface area (Å²) >= 11 is 0. The molecule has 0 N–H and O–H groups in total. The number of imidazole rings is 4. The molecule has 10 heteroatoms. The lowest BCUT2D eigenvalue weighted by Crippen LogP contribution is -2.74. The van der Waals surface area contributed by atoms with Gasteiger partial charge in [-0.1, -0.05) is 249 Å². The molecule has 5 heterocycles. The van der Waals surface area contributed by atoms with Crippen LogP contribution >= 0.6 is 0 Å². The summed E-state index contributed by atoms with van der Waals surface area (Å²) in [5, 5.41) is 10.4. The van der Waals surface area contributed by atoms with Crippen molar-refractivity contribution in [2.24, 2.45) is 0 Å². The second kappa shape index (κ2) is 19.1. The predicted octanol–water partition coefficient (Wildman–Crippen LogP) is 10.4. The minimum Gasteiger partial charge on any atom is -0.276 e. The Bertz CT molecular complexity index is 4830. The van der Waals surface area contributed by atoms with Crippen LogP contribution in [-0.2, 0) is 0 Å². The van der Waals surface area contributed by atoms with Crippen molar-refractivity contribution in [2.45, 2.75) is 0 Å². The number of hydrogen-bond donors (Lipinski definition) is 0. The SMILES string of the molecule is c1ccc(-c2nc(-n3c4ccccc4n4c5cc([Si](c6ccccc6)(c6ccccc6)c6ccccc6)ccc5nc34)cc(-n3c4ccc([Si](c5ccccc5)(c5ccccc5)c5ccccc5)cc4n4c5ccccc5nc34)n2)cc1. The van der Waals surface area contributed by atoms with Gasteiger partial charge in [-0.15, -0.1) is 0 Å². The molecule has 0 radical (unpaired) electrons. The lowest BCUT2D eigenvalue weighted by molar-refractivity contribution is 0.970. The van der Waals surface area contributed by atoms with Crippen molar-refractivity contribution in [1.29, 1.82) is 0 Å². The predicted molar refractivity (Wildman–Crippen MR) is 341 cm³/mol. The second-order valence-electron chi connectivity index (χ2n) is 21.0. The molecule has 16 aromatic rings. The molecule has 5 aromatic heterocycles. The van der Waals surface area contributed by atoms with E-state index in [4.69, 9.17) is 19.9 Å². The van der Waals surface area contributed by atoms with Gasteiger partial charge in [-0.25, -0.2) is 19.9 Å². The molecule has 386 valence electrons. The zero-order chi connectivity index (χ0) is 54.2. The van der Waals surface area contributed by atoms with Gasteiger partial charge in [0.25, 0.3) is 0 Å². The summed E-state index contributed by atoms with van der Waals surface area (Å²) in [4.78, 5) is 22.1. The summed E-state index contributed by atoms with van der Waals surface area (Å²) < 4.78 is 9.09. The number of benzene rings is 11. The van der Waals surface area contributed by atoms with Crippen molar-refractivity contribution in [3.8, 4) is 23.0 Å². The van der Waals surface area contributed by atoms with E-state index in [0.717, 1.165) is 61.3 Å². The molecule has 16 rings (SSSR count). The Morgan fingerprint density at radius 3 is 1.04 bits per heavy atom. The Balaban J connectivity index is 0.963. The highest BCUT2D eigenvalue weighted by Gasteiger charge is 2.43. The fourth-order valence-corrected chi connectivity index (χ4v) is 22.7. The van der Waals surface area contributed by atoms with E-state index in [1.54, 1.807) is 0 Å². The average molecular weight is 1080 g/mol. The van der Waals surface area contributed by atoms with Crippen LogP contribution < -0.4 is 41.5 Å². The lowest BCUT2D eigenvalue weighted by Gasteiger charge is -2.34. The van der Waals surface area contributed by atoms with Gasteiger partial charge in [-0.05, 0) is 90.0 Å². The molecule has 0 saturated heterocycles. The van der Waals surface area contributed by atoms with E-state index in [2.05, 4.69) is 303 Å². The van der Waals surface area contributed by atoms with Crippen LogP contribution in [0.15, 0.2) is 303 Å². The number of hydrogen-bond acceptors (Lipinski definition) is 4. The Kier molecular flexibility index (Phi) is 11.1. The number of aromatic nitrogens is 8. The molecule has 0 aliphatic heterocycles. The first-order chi connectivity index (χ1) is 40.7. The fourth-order valence-electron chi connectivity index (χ4n) is 13.2. The van der Waals surface area contributed by atoms with Gasteiger partial charge >= 0.3 is 0 Å². The third kappa shape index (κ3) is 7.15. The van der Waals surface area contributed by atoms with E-state index in [9.17, 15) is 0 Å². The van der Waals surface area contributed by atoms with Crippen LogP contribution in [-0.4, -0.2) is 54.0 Å². The summed E-state index contributed by atoms with van der Waals surface area (Å²) in [7, 11) is -5.82. The van der Waals surface area contributed by atoms with Crippen molar-refractivity contribution in [1.82, 2.24) is 37.9 Å². The summed E-state index contributed by atoms with van der Waals surface area (Å²) in [6.07, 6.45) is 0. The van der Waals surface area contributed by atoms with Gasteiger partial charge in [0, 0.05) is 11.6 Å². The van der Waals surface area contributed by atoms with Gasteiger partial charge in [-0.3, -0.25) is 17.9 Å². The molecule has 0 atom stereocenters. The van der Waals surface area contributed by atoms with Gasteiger partial charge in [0.1, 0.15) is 11.6 Å². The number of nitrogens with zero attached hydrogens (tertiary/aromatic N) is 8. The van der Waals surface area contributed by atoms with Gasteiger partial charge in [0.15, 0.2) is 22.0 Å². The van der Waals surface area contributed by atoms with Crippen LogP contribution in [0.5, 0.6) is 0 Å². The van der Waals surface area contributed by atoms with Crippen LogP contribution in [0.1, 0.15) is 0 Å². The molecule has 0 saturated carbocycles. The van der Waals surface area contributed by atoms with Crippen molar-refractivity contribution < 1.29 is 0 Å². The zero-order valence-corrected chi connectivity index (χ0v) is 46.4. The van der Waals surface area contributed by atoms with E-state index in [-0.39, 0.29) is 0 Å². The van der Waals surface area contributed by atoms with Crippen molar-refractivity contribution >= 4 is 113 Å². The minimum absolute atomic E-state index is 0.586. The molecule has 0 fully saturated rings. The Hall–Kier alpha value is -10.5. The third-order valence-corrected chi connectivity index (χ3v) is 26.2. The summed E-state index contributed by atoms with van der Waals surface area (Å²) in [6, 6.07) is 110. The molecule has 11 aromatic carbocycles. The van der Waals surface area contributed by atoms with Crippen molar-refractivity contribution in [3.05, 3.63) is 303 Å². The molecule has 8 nitrogen and oxygen atoms in total. The number of para-hydroxylation sites is 4. The maximum Gasteiger partial charge on any atom is 0.221 e. The molecule has 0 bridgehead atoms.